The first kappa shape index (κ1) is 16.5. The number of H-pyrrole nitrogens is 1. The Bertz CT molecular complexity index is 809. The van der Waals surface area contributed by atoms with Crippen LogP contribution in [0.15, 0.2) is 18.2 Å². The van der Waals surface area contributed by atoms with E-state index in [9.17, 15) is 13.2 Å². The van der Waals surface area contributed by atoms with E-state index in [0.29, 0.717) is 18.5 Å². The Morgan fingerprint density at radius 3 is 2.64 bits per heavy atom. The highest BCUT2D eigenvalue weighted by atomic mass is 32.2. The van der Waals surface area contributed by atoms with Crippen molar-refractivity contribution in [3.63, 3.8) is 0 Å². The van der Waals surface area contributed by atoms with Crippen molar-refractivity contribution in [3.05, 3.63) is 35.0 Å². The van der Waals surface area contributed by atoms with Gasteiger partial charge in [0, 0.05) is 35.8 Å². The van der Waals surface area contributed by atoms with Crippen LogP contribution in [0.25, 0.3) is 10.9 Å². The number of aromatic nitrogens is 1. The molecule has 120 valence electrons. The average Bonchev–Trinajstić information content (AvgIpc) is 2.73. The topological polar surface area (TPSA) is 82.3 Å². The zero-order chi connectivity index (χ0) is 16.5. The zero-order valence-electron chi connectivity index (χ0n) is 13.2. The van der Waals surface area contributed by atoms with Crippen LogP contribution < -0.4 is 4.72 Å². The molecule has 1 heterocycles. The standard InChI is InChI=1S/C15H21N3O3S/c1-5-8-18(4)22(20,21)17-15(19)12-6-7-14-13(9-12)10(2)11(3)16-14/h6-7,9,16H,5,8H2,1-4H3,(H,17,19). The van der Waals surface area contributed by atoms with Gasteiger partial charge in [-0.05, 0) is 44.0 Å². The van der Waals surface area contributed by atoms with Gasteiger partial charge in [-0.25, -0.2) is 4.72 Å². The van der Waals surface area contributed by atoms with E-state index in [2.05, 4.69) is 9.71 Å². The minimum atomic E-state index is -3.80. The maximum atomic E-state index is 12.2. The van der Waals surface area contributed by atoms with Crippen molar-refractivity contribution in [1.29, 1.82) is 0 Å². The van der Waals surface area contributed by atoms with Crippen LogP contribution in [0.1, 0.15) is 35.0 Å². The lowest BCUT2D eigenvalue weighted by Gasteiger charge is -2.16. The molecule has 0 aliphatic carbocycles. The molecule has 6 nitrogen and oxygen atoms in total. The first-order chi connectivity index (χ1) is 10.3. The molecule has 1 aromatic carbocycles. The number of hydrogen-bond donors (Lipinski definition) is 2. The Morgan fingerprint density at radius 2 is 2.00 bits per heavy atom. The minimum absolute atomic E-state index is 0.322. The van der Waals surface area contributed by atoms with Gasteiger partial charge in [0.1, 0.15) is 0 Å². The van der Waals surface area contributed by atoms with Gasteiger partial charge in [0.25, 0.3) is 5.91 Å². The summed E-state index contributed by atoms with van der Waals surface area (Å²) < 4.78 is 27.3. The number of aromatic amines is 1. The number of nitrogens with one attached hydrogen (secondary N) is 2. The third-order valence-corrected chi connectivity index (χ3v) is 5.19. The SMILES string of the molecule is CCCN(C)S(=O)(=O)NC(=O)c1ccc2[nH]c(C)c(C)c2c1. The number of benzene rings is 1. The van der Waals surface area contributed by atoms with Crippen molar-refractivity contribution < 1.29 is 13.2 Å². The zero-order valence-corrected chi connectivity index (χ0v) is 14.0. The number of rotatable bonds is 5. The second-order valence-electron chi connectivity index (χ2n) is 5.39. The maximum absolute atomic E-state index is 12.2. The van der Waals surface area contributed by atoms with Crippen molar-refractivity contribution in [2.24, 2.45) is 0 Å². The van der Waals surface area contributed by atoms with Crippen molar-refractivity contribution in [1.82, 2.24) is 14.0 Å². The van der Waals surface area contributed by atoms with Gasteiger partial charge in [-0.2, -0.15) is 12.7 Å². The van der Waals surface area contributed by atoms with Gasteiger partial charge < -0.3 is 4.98 Å². The number of carbonyl (C=O) groups is 1. The van der Waals surface area contributed by atoms with E-state index in [1.165, 1.54) is 7.05 Å². The smallest absolute Gasteiger partial charge is 0.303 e. The summed E-state index contributed by atoms with van der Waals surface area (Å²) in [7, 11) is -2.36. The summed E-state index contributed by atoms with van der Waals surface area (Å²) >= 11 is 0. The summed E-state index contributed by atoms with van der Waals surface area (Å²) in [4.78, 5) is 15.4. The number of nitrogens with zero attached hydrogens (tertiary/aromatic N) is 1. The van der Waals surface area contributed by atoms with E-state index < -0.39 is 16.1 Å². The van der Waals surface area contributed by atoms with Crippen LogP contribution in [0, 0.1) is 13.8 Å². The Morgan fingerprint density at radius 1 is 1.32 bits per heavy atom. The lowest BCUT2D eigenvalue weighted by atomic mass is 10.1. The van der Waals surface area contributed by atoms with Crippen molar-refractivity contribution in [2.75, 3.05) is 13.6 Å². The molecule has 2 aromatic rings. The Hall–Kier alpha value is -1.86. The van der Waals surface area contributed by atoms with Crippen molar-refractivity contribution in [3.8, 4) is 0 Å². The molecule has 0 bridgehead atoms. The number of aryl methyl sites for hydroxylation is 2. The van der Waals surface area contributed by atoms with Crippen LogP contribution in [0.5, 0.6) is 0 Å². The van der Waals surface area contributed by atoms with Gasteiger partial charge in [0.15, 0.2) is 0 Å². The van der Waals surface area contributed by atoms with E-state index in [1.807, 2.05) is 20.8 Å². The lowest BCUT2D eigenvalue weighted by molar-refractivity contribution is 0.0979. The number of amides is 1. The number of fused-ring (bicyclic) bond motifs is 1. The normalized spacial score (nSPS) is 12.0. The lowest BCUT2D eigenvalue weighted by Crippen LogP contribution is -2.41. The van der Waals surface area contributed by atoms with Crippen molar-refractivity contribution in [2.45, 2.75) is 27.2 Å². The van der Waals surface area contributed by atoms with Gasteiger partial charge in [-0.15, -0.1) is 0 Å². The third kappa shape index (κ3) is 3.15. The van der Waals surface area contributed by atoms with E-state index in [4.69, 9.17) is 0 Å². The molecule has 0 spiro atoms. The summed E-state index contributed by atoms with van der Waals surface area (Å²) in [6.07, 6.45) is 0.680. The highest BCUT2D eigenvalue weighted by Crippen LogP contribution is 2.22. The molecule has 22 heavy (non-hydrogen) atoms. The summed E-state index contributed by atoms with van der Waals surface area (Å²) in [5.41, 5.74) is 3.33. The molecule has 2 rings (SSSR count). The summed E-state index contributed by atoms with van der Waals surface area (Å²) in [5.74, 6) is -0.622. The van der Waals surface area contributed by atoms with Gasteiger partial charge >= 0.3 is 10.2 Å². The molecular formula is C15H21N3O3S. The van der Waals surface area contributed by atoms with Gasteiger partial charge in [0.05, 0.1) is 0 Å². The van der Waals surface area contributed by atoms with Crippen molar-refractivity contribution >= 4 is 27.0 Å². The van der Waals surface area contributed by atoms with E-state index >= 15 is 0 Å². The first-order valence-electron chi connectivity index (χ1n) is 7.13. The second kappa shape index (κ2) is 6.10. The highest BCUT2D eigenvalue weighted by molar-refractivity contribution is 7.87. The van der Waals surface area contributed by atoms with Crippen LogP contribution in [0.4, 0.5) is 0 Å². The fourth-order valence-electron chi connectivity index (χ4n) is 2.29. The van der Waals surface area contributed by atoms with Gasteiger partial charge in [-0.1, -0.05) is 6.92 Å². The molecule has 2 N–H and O–H groups in total. The maximum Gasteiger partial charge on any atom is 0.303 e. The predicted molar refractivity (Wildman–Crippen MR) is 87.1 cm³/mol. The van der Waals surface area contributed by atoms with Gasteiger partial charge in [-0.3, -0.25) is 4.79 Å². The fraction of sp³-hybridized carbons (Fsp3) is 0.400. The summed E-state index contributed by atoms with van der Waals surface area (Å²) in [6, 6.07) is 5.11. The van der Waals surface area contributed by atoms with Crippen LogP contribution in [-0.4, -0.2) is 37.2 Å². The molecule has 0 atom stereocenters. The molecule has 0 saturated heterocycles. The quantitative estimate of drug-likeness (QED) is 0.884. The van der Waals surface area contributed by atoms with Crippen LogP contribution >= 0.6 is 0 Å². The number of carbonyl (C=O) groups excluding carboxylic acids is 1. The Kier molecular flexibility index (Phi) is 4.58. The molecule has 0 fully saturated rings. The third-order valence-electron chi connectivity index (χ3n) is 3.74. The molecule has 0 unspecified atom stereocenters. The first-order valence-corrected chi connectivity index (χ1v) is 8.57. The fourth-order valence-corrected chi connectivity index (χ4v) is 3.22. The Balaban J connectivity index is 2.28. The van der Waals surface area contributed by atoms with Crippen LogP contribution in [-0.2, 0) is 10.2 Å². The monoisotopic (exact) mass is 323 g/mol. The molecule has 0 aliphatic heterocycles. The van der Waals surface area contributed by atoms with Crippen LogP contribution in [0.3, 0.4) is 0 Å². The van der Waals surface area contributed by atoms with Gasteiger partial charge in [0.2, 0.25) is 0 Å². The molecular weight excluding hydrogens is 302 g/mol. The predicted octanol–water partition coefficient (Wildman–Crippen LogP) is 2.10. The summed E-state index contributed by atoms with van der Waals surface area (Å²) in [6.45, 7) is 6.15. The summed E-state index contributed by atoms with van der Waals surface area (Å²) in [5, 5.41) is 0.921. The molecule has 0 aliphatic rings. The molecule has 7 heteroatoms. The number of hydrogen-bond acceptors (Lipinski definition) is 3. The largest absolute Gasteiger partial charge is 0.358 e. The Labute approximate surface area is 130 Å². The molecule has 1 amide bonds. The highest BCUT2D eigenvalue weighted by Gasteiger charge is 2.21. The minimum Gasteiger partial charge on any atom is -0.358 e. The average molecular weight is 323 g/mol. The van der Waals surface area contributed by atoms with E-state index in [-0.39, 0.29) is 0 Å². The second-order valence-corrected chi connectivity index (χ2v) is 7.17. The van der Waals surface area contributed by atoms with E-state index in [0.717, 1.165) is 26.5 Å². The molecule has 0 radical (unpaired) electrons. The molecule has 0 saturated carbocycles. The molecule has 1 aromatic heterocycles. The van der Waals surface area contributed by atoms with E-state index in [1.54, 1.807) is 18.2 Å². The van der Waals surface area contributed by atoms with Crippen LogP contribution in [0.2, 0.25) is 0 Å².